The highest BCUT2D eigenvalue weighted by Crippen LogP contribution is 2.51. The molecule has 0 bridgehead atoms. The van der Waals surface area contributed by atoms with E-state index in [0.29, 0.717) is 5.57 Å². The number of carbonyl (C=O) groups excluding carboxylic acids is 1. The first-order valence-corrected chi connectivity index (χ1v) is 7.52. The molecular weight excluding hydrogens is 306 g/mol. The van der Waals surface area contributed by atoms with E-state index in [9.17, 15) is 4.79 Å². The van der Waals surface area contributed by atoms with Gasteiger partial charge >= 0.3 is 0 Å². The Balaban J connectivity index is 2.09. The minimum absolute atomic E-state index is 0.157. The molecule has 0 aliphatic carbocycles. The zero-order valence-corrected chi connectivity index (χ0v) is 13.9. The van der Waals surface area contributed by atoms with Gasteiger partial charge in [0.05, 0.1) is 19.6 Å². The molecule has 3 rings (SSSR count). The average Bonchev–Trinajstić information content (AvgIpc) is 3.14. The van der Waals surface area contributed by atoms with Crippen LogP contribution in [-0.2, 0) is 9.53 Å². The fourth-order valence-corrected chi connectivity index (χ4v) is 3.20. The summed E-state index contributed by atoms with van der Waals surface area (Å²) >= 11 is 0. The molecule has 0 unspecified atom stereocenters. The number of rotatable bonds is 5. The van der Waals surface area contributed by atoms with Crippen molar-refractivity contribution in [1.82, 2.24) is 0 Å². The number of anilines is 1. The lowest BCUT2D eigenvalue weighted by atomic mass is 9.73. The van der Waals surface area contributed by atoms with Gasteiger partial charge in [-0.2, -0.15) is 0 Å². The molecule has 124 valence electrons. The van der Waals surface area contributed by atoms with Crippen LogP contribution in [-0.4, -0.2) is 25.7 Å². The first-order chi connectivity index (χ1) is 11.6. The topological polar surface area (TPSA) is 51.9 Å². The van der Waals surface area contributed by atoms with E-state index in [2.05, 4.69) is 12.3 Å². The fourth-order valence-electron chi connectivity index (χ4n) is 3.20. The number of methoxy groups -OCH3 is 2. The van der Waals surface area contributed by atoms with Crippen LogP contribution in [0.15, 0.2) is 65.2 Å². The summed E-state index contributed by atoms with van der Waals surface area (Å²) in [5, 5.41) is 0. The summed E-state index contributed by atoms with van der Waals surface area (Å²) in [4.78, 5) is 14.7. The second kappa shape index (κ2) is 6.04. The summed E-state index contributed by atoms with van der Waals surface area (Å²) in [7, 11) is 3.13. The minimum atomic E-state index is -1.12. The normalized spacial score (nSPS) is 22.7. The van der Waals surface area contributed by atoms with Gasteiger partial charge in [0.1, 0.15) is 11.8 Å². The van der Waals surface area contributed by atoms with Gasteiger partial charge in [0.15, 0.2) is 5.60 Å². The van der Waals surface area contributed by atoms with Crippen molar-refractivity contribution < 1.29 is 18.7 Å². The molecule has 5 heteroatoms. The summed E-state index contributed by atoms with van der Waals surface area (Å²) in [6.45, 7) is 5.47. The second-order valence-corrected chi connectivity index (χ2v) is 5.57. The van der Waals surface area contributed by atoms with E-state index in [4.69, 9.17) is 13.9 Å². The van der Waals surface area contributed by atoms with E-state index in [1.54, 1.807) is 31.5 Å². The molecule has 1 aromatic heterocycles. The average molecular weight is 325 g/mol. The zero-order valence-electron chi connectivity index (χ0n) is 13.9. The number of nitrogens with zero attached hydrogens (tertiary/aromatic N) is 1. The van der Waals surface area contributed by atoms with Crippen LogP contribution in [0.25, 0.3) is 0 Å². The van der Waals surface area contributed by atoms with Crippen molar-refractivity contribution in [1.29, 1.82) is 0 Å². The molecule has 0 N–H and O–H groups in total. The maximum atomic E-state index is 13.0. The number of β-lactam (4-membered cyclic amide) rings is 1. The van der Waals surface area contributed by atoms with Crippen molar-refractivity contribution in [3.05, 3.63) is 66.3 Å². The smallest absolute Gasteiger partial charge is 0.267 e. The Kier molecular flexibility index (Phi) is 4.06. The van der Waals surface area contributed by atoms with Crippen LogP contribution in [0.3, 0.4) is 0 Å². The predicted octanol–water partition coefficient (Wildman–Crippen LogP) is 3.49. The van der Waals surface area contributed by atoms with Gasteiger partial charge in [-0.25, -0.2) is 0 Å². The number of ether oxygens (including phenoxy) is 2. The Bertz CT molecular complexity index is 787. The molecule has 0 radical (unpaired) electrons. The lowest BCUT2D eigenvalue weighted by molar-refractivity contribution is -0.152. The molecule has 24 heavy (non-hydrogen) atoms. The van der Waals surface area contributed by atoms with Crippen LogP contribution in [0.2, 0.25) is 0 Å². The molecule has 0 spiro atoms. The third kappa shape index (κ3) is 2.10. The van der Waals surface area contributed by atoms with Crippen molar-refractivity contribution in [3.63, 3.8) is 0 Å². The summed E-state index contributed by atoms with van der Waals surface area (Å²) in [6, 6.07) is 8.80. The van der Waals surface area contributed by atoms with Crippen LogP contribution < -0.4 is 9.64 Å². The summed E-state index contributed by atoms with van der Waals surface area (Å²) < 4.78 is 16.1. The Morgan fingerprint density at radius 3 is 2.50 bits per heavy atom. The highest BCUT2D eigenvalue weighted by Gasteiger charge is 2.64. The zero-order chi connectivity index (χ0) is 17.3. The number of hydrogen-bond donors (Lipinski definition) is 0. The largest absolute Gasteiger partial charge is 0.497 e. The molecule has 1 aliphatic heterocycles. The molecule has 0 saturated carbocycles. The van der Waals surface area contributed by atoms with E-state index in [1.165, 1.54) is 7.11 Å². The fraction of sp³-hybridized carbons (Fsp3) is 0.263. The van der Waals surface area contributed by atoms with Crippen molar-refractivity contribution >= 4 is 11.6 Å². The van der Waals surface area contributed by atoms with E-state index in [1.807, 2.05) is 30.3 Å². The first-order valence-electron chi connectivity index (χ1n) is 7.52. The lowest BCUT2D eigenvalue weighted by Gasteiger charge is -2.54. The molecule has 1 aliphatic rings. The predicted molar refractivity (Wildman–Crippen MR) is 90.0 cm³/mol. The van der Waals surface area contributed by atoms with Gasteiger partial charge in [0.2, 0.25) is 0 Å². The highest BCUT2D eigenvalue weighted by atomic mass is 16.5. The maximum absolute atomic E-state index is 13.0. The van der Waals surface area contributed by atoms with Crippen molar-refractivity contribution in [2.75, 3.05) is 19.1 Å². The minimum Gasteiger partial charge on any atom is -0.497 e. The molecule has 5 nitrogen and oxygen atoms in total. The van der Waals surface area contributed by atoms with Gasteiger partial charge in [-0.15, -0.1) is 5.73 Å². The molecule has 1 amide bonds. The Morgan fingerprint density at radius 1 is 1.29 bits per heavy atom. The van der Waals surface area contributed by atoms with Gasteiger partial charge in [-0.3, -0.25) is 9.69 Å². The molecule has 1 fully saturated rings. The van der Waals surface area contributed by atoms with E-state index < -0.39 is 5.60 Å². The number of hydrogen-bond acceptors (Lipinski definition) is 4. The molecule has 2 aromatic rings. The van der Waals surface area contributed by atoms with Crippen LogP contribution in [0.4, 0.5) is 5.69 Å². The van der Waals surface area contributed by atoms with Crippen LogP contribution >= 0.6 is 0 Å². The Hall–Kier alpha value is -2.75. The van der Waals surface area contributed by atoms with Crippen LogP contribution in [0.1, 0.15) is 18.5 Å². The summed E-state index contributed by atoms with van der Waals surface area (Å²) in [5.41, 5.74) is 3.95. The van der Waals surface area contributed by atoms with Gasteiger partial charge < -0.3 is 13.9 Å². The van der Waals surface area contributed by atoms with E-state index >= 15 is 0 Å². The second-order valence-electron chi connectivity index (χ2n) is 5.57. The van der Waals surface area contributed by atoms with Crippen molar-refractivity contribution in [3.8, 4) is 5.75 Å². The van der Waals surface area contributed by atoms with Gasteiger partial charge in [0, 0.05) is 23.9 Å². The SMILES string of the molecule is C=C=C(C)[C@@]1(OC)C(=O)N(c2ccc(OC)cc2)[C@@H]1c1ccoc1. The highest BCUT2D eigenvalue weighted by molar-refractivity contribution is 6.10. The third-order valence-corrected chi connectivity index (χ3v) is 4.53. The summed E-state index contributed by atoms with van der Waals surface area (Å²) in [5.74, 6) is 0.571. The number of benzene rings is 1. The van der Waals surface area contributed by atoms with E-state index in [0.717, 1.165) is 17.0 Å². The van der Waals surface area contributed by atoms with Crippen LogP contribution in [0.5, 0.6) is 5.75 Å². The number of furan rings is 1. The third-order valence-electron chi connectivity index (χ3n) is 4.53. The monoisotopic (exact) mass is 325 g/mol. The Labute approximate surface area is 140 Å². The summed E-state index contributed by atoms with van der Waals surface area (Å²) in [6.07, 6.45) is 3.20. The lowest BCUT2D eigenvalue weighted by Crippen LogP contribution is -2.70. The number of carbonyl (C=O) groups is 1. The van der Waals surface area contributed by atoms with Gasteiger partial charge in [-0.05, 0) is 37.3 Å². The first kappa shape index (κ1) is 16.1. The molecule has 2 atom stereocenters. The molecular formula is C19H19NO4. The maximum Gasteiger partial charge on any atom is 0.267 e. The number of amides is 1. The molecule has 1 saturated heterocycles. The van der Waals surface area contributed by atoms with Gasteiger partial charge in [-0.1, -0.05) is 6.58 Å². The van der Waals surface area contributed by atoms with Crippen molar-refractivity contribution in [2.45, 2.75) is 18.6 Å². The standard InChI is InChI=1S/C19H19NO4/c1-5-13(2)19(23-4)17(14-10-11-24-12-14)20(18(19)21)15-6-8-16(22-3)9-7-15/h6-12,17H,1H2,2-4H3/t17-,19+/m1/s1. The molecule has 2 heterocycles. The quantitative estimate of drug-likeness (QED) is 0.624. The molecule has 1 aromatic carbocycles. The Morgan fingerprint density at radius 2 is 2.00 bits per heavy atom. The van der Waals surface area contributed by atoms with Crippen molar-refractivity contribution in [2.24, 2.45) is 0 Å². The van der Waals surface area contributed by atoms with Gasteiger partial charge in [0.25, 0.3) is 5.91 Å². The van der Waals surface area contributed by atoms with Crippen LogP contribution in [0, 0.1) is 0 Å². The van der Waals surface area contributed by atoms with E-state index in [-0.39, 0.29) is 11.9 Å².